The molecule has 1 aliphatic rings. The summed E-state index contributed by atoms with van der Waals surface area (Å²) in [4.78, 5) is 22.1. The molecule has 0 spiro atoms. The van der Waals surface area contributed by atoms with Crippen LogP contribution in [-0.4, -0.2) is 11.8 Å². The number of amides is 2. The first-order valence-electron chi connectivity index (χ1n) is 6.10. The van der Waals surface area contributed by atoms with Gasteiger partial charge in [0.1, 0.15) is 0 Å². The quantitative estimate of drug-likeness (QED) is 0.312. The van der Waals surface area contributed by atoms with E-state index in [1.807, 2.05) is 12.1 Å². The third-order valence-electron chi connectivity index (χ3n) is 3.08. The molecule has 1 aliphatic heterocycles. The highest BCUT2D eigenvalue weighted by Crippen LogP contribution is 2.24. The Morgan fingerprint density at radius 2 is 2.22 bits per heavy atom. The van der Waals surface area contributed by atoms with Crippen molar-refractivity contribution in [1.29, 1.82) is 0 Å². The van der Waals surface area contributed by atoms with Crippen molar-refractivity contribution < 1.29 is 9.59 Å². The standard InChI is InChI=1S/C13H17N3O2/c14-16-12(17)4-2-1-3-9-5-6-11-10(7-9)8-13(18)15-11/h5-7H,1-4,8,14H2,(H,15,18)(H,16,17). The van der Waals surface area contributed by atoms with Crippen molar-refractivity contribution in [1.82, 2.24) is 5.43 Å². The summed E-state index contributed by atoms with van der Waals surface area (Å²) in [5, 5.41) is 2.81. The number of unbranched alkanes of at least 4 members (excludes halogenated alkanes) is 1. The molecular weight excluding hydrogens is 230 g/mol. The summed E-state index contributed by atoms with van der Waals surface area (Å²) in [6.07, 6.45) is 3.60. The fourth-order valence-electron chi connectivity index (χ4n) is 2.12. The number of rotatable bonds is 5. The van der Waals surface area contributed by atoms with Gasteiger partial charge in [-0.2, -0.15) is 0 Å². The molecule has 0 radical (unpaired) electrons. The number of carbonyl (C=O) groups excluding carboxylic acids is 2. The second-order valence-electron chi connectivity index (χ2n) is 4.49. The lowest BCUT2D eigenvalue weighted by Gasteiger charge is -2.04. The Morgan fingerprint density at radius 3 is 3.00 bits per heavy atom. The monoisotopic (exact) mass is 247 g/mol. The molecule has 0 unspecified atom stereocenters. The minimum absolute atomic E-state index is 0.0572. The van der Waals surface area contributed by atoms with Gasteiger partial charge in [0, 0.05) is 12.1 Å². The number of nitrogens with one attached hydrogen (secondary N) is 2. The number of anilines is 1. The van der Waals surface area contributed by atoms with Crippen LogP contribution in [0, 0.1) is 0 Å². The molecule has 0 saturated carbocycles. The largest absolute Gasteiger partial charge is 0.326 e. The van der Waals surface area contributed by atoms with Crippen LogP contribution in [0.15, 0.2) is 18.2 Å². The highest BCUT2D eigenvalue weighted by molar-refractivity contribution is 5.99. The number of carbonyl (C=O) groups is 2. The molecular formula is C13H17N3O2. The lowest BCUT2D eigenvalue weighted by atomic mass is 10.0. The molecule has 96 valence electrons. The molecule has 0 aromatic heterocycles. The molecule has 0 saturated heterocycles. The number of aryl methyl sites for hydroxylation is 1. The van der Waals surface area contributed by atoms with Crippen LogP contribution < -0.4 is 16.6 Å². The Balaban J connectivity index is 1.82. The first kappa shape index (κ1) is 12.6. The summed E-state index contributed by atoms with van der Waals surface area (Å²) in [6, 6.07) is 6.03. The van der Waals surface area contributed by atoms with Crippen molar-refractivity contribution in [2.24, 2.45) is 5.84 Å². The first-order valence-corrected chi connectivity index (χ1v) is 6.10. The van der Waals surface area contributed by atoms with Gasteiger partial charge in [0.05, 0.1) is 6.42 Å². The number of fused-ring (bicyclic) bond motifs is 1. The van der Waals surface area contributed by atoms with Gasteiger partial charge in [-0.1, -0.05) is 12.1 Å². The van der Waals surface area contributed by atoms with E-state index in [9.17, 15) is 9.59 Å². The van der Waals surface area contributed by atoms with Crippen molar-refractivity contribution in [3.05, 3.63) is 29.3 Å². The van der Waals surface area contributed by atoms with Gasteiger partial charge in [0.25, 0.3) is 0 Å². The zero-order valence-corrected chi connectivity index (χ0v) is 10.2. The smallest absolute Gasteiger partial charge is 0.233 e. The minimum Gasteiger partial charge on any atom is -0.326 e. The van der Waals surface area contributed by atoms with E-state index in [1.54, 1.807) is 0 Å². The number of benzene rings is 1. The number of hydrazine groups is 1. The van der Waals surface area contributed by atoms with Gasteiger partial charge in [0.2, 0.25) is 11.8 Å². The van der Waals surface area contributed by atoms with Gasteiger partial charge in [0.15, 0.2) is 0 Å². The molecule has 0 bridgehead atoms. The van der Waals surface area contributed by atoms with Crippen molar-refractivity contribution in [2.75, 3.05) is 5.32 Å². The van der Waals surface area contributed by atoms with Crippen LogP contribution in [0.5, 0.6) is 0 Å². The molecule has 0 atom stereocenters. The minimum atomic E-state index is -0.126. The highest BCUT2D eigenvalue weighted by atomic mass is 16.2. The lowest BCUT2D eigenvalue weighted by molar-refractivity contribution is -0.121. The van der Waals surface area contributed by atoms with Crippen LogP contribution in [0.2, 0.25) is 0 Å². The van der Waals surface area contributed by atoms with E-state index >= 15 is 0 Å². The van der Waals surface area contributed by atoms with Crippen LogP contribution >= 0.6 is 0 Å². The molecule has 1 heterocycles. The van der Waals surface area contributed by atoms with Gasteiger partial charge in [-0.05, 0) is 36.5 Å². The lowest BCUT2D eigenvalue weighted by Crippen LogP contribution is -2.29. The summed E-state index contributed by atoms with van der Waals surface area (Å²) in [5.41, 5.74) is 5.31. The molecule has 5 nitrogen and oxygen atoms in total. The zero-order valence-electron chi connectivity index (χ0n) is 10.2. The molecule has 18 heavy (non-hydrogen) atoms. The van der Waals surface area contributed by atoms with E-state index in [2.05, 4.69) is 16.8 Å². The Morgan fingerprint density at radius 1 is 1.39 bits per heavy atom. The van der Waals surface area contributed by atoms with E-state index in [1.165, 1.54) is 5.56 Å². The Labute approximate surface area is 106 Å². The van der Waals surface area contributed by atoms with Crippen LogP contribution in [0.1, 0.15) is 30.4 Å². The Kier molecular flexibility index (Phi) is 3.94. The van der Waals surface area contributed by atoms with E-state index < -0.39 is 0 Å². The van der Waals surface area contributed by atoms with Crippen molar-refractivity contribution >= 4 is 17.5 Å². The summed E-state index contributed by atoms with van der Waals surface area (Å²) in [6.45, 7) is 0. The second-order valence-corrected chi connectivity index (χ2v) is 4.49. The van der Waals surface area contributed by atoms with E-state index in [4.69, 9.17) is 5.84 Å². The van der Waals surface area contributed by atoms with Crippen molar-refractivity contribution in [3.8, 4) is 0 Å². The van der Waals surface area contributed by atoms with E-state index in [0.29, 0.717) is 12.8 Å². The number of hydrogen-bond donors (Lipinski definition) is 3. The molecule has 1 aromatic carbocycles. The molecule has 2 rings (SSSR count). The predicted octanol–water partition coefficient (Wildman–Crippen LogP) is 0.884. The predicted molar refractivity (Wildman–Crippen MR) is 68.7 cm³/mol. The SMILES string of the molecule is NNC(=O)CCCCc1ccc2c(c1)CC(=O)N2. The average Bonchev–Trinajstić information content (AvgIpc) is 2.73. The summed E-state index contributed by atoms with van der Waals surface area (Å²) < 4.78 is 0. The van der Waals surface area contributed by atoms with Gasteiger partial charge in [-0.15, -0.1) is 0 Å². The van der Waals surface area contributed by atoms with Crippen molar-refractivity contribution in [2.45, 2.75) is 32.1 Å². The highest BCUT2D eigenvalue weighted by Gasteiger charge is 2.17. The number of hydrogen-bond acceptors (Lipinski definition) is 3. The van der Waals surface area contributed by atoms with Crippen LogP contribution in [0.4, 0.5) is 5.69 Å². The fourth-order valence-corrected chi connectivity index (χ4v) is 2.12. The third-order valence-corrected chi connectivity index (χ3v) is 3.08. The fraction of sp³-hybridized carbons (Fsp3) is 0.385. The Hall–Kier alpha value is -1.88. The summed E-state index contributed by atoms with van der Waals surface area (Å²) >= 11 is 0. The van der Waals surface area contributed by atoms with Gasteiger partial charge >= 0.3 is 0 Å². The maximum Gasteiger partial charge on any atom is 0.233 e. The van der Waals surface area contributed by atoms with Gasteiger partial charge in [-0.25, -0.2) is 5.84 Å². The van der Waals surface area contributed by atoms with Crippen LogP contribution in [0.3, 0.4) is 0 Å². The second kappa shape index (κ2) is 5.64. The third kappa shape index (κ3) is 3.07. The first-order chi connectivity index (χ1) is 8.69. The Bertz CT molecular complexity index is 471. The van der Waals surface area contributed by atoms with Crippen LogP contribution in [0.25, 0.3) is 0 Å². The molecule has 2 amide bonds. The summed E-state index contributed by atoms with van der Waals surface area (Å²) in [7, 11) is 0. The molecule has 0 aliphatic carbocycles. The maximum atomic E-state index is 11.2. The van der Waals surface area contributed by atoms with E-state index in [0.717, 1.165) is 30.5 Å². The van der Waals surface area contributed by atoms with Gasteiger partial charge in [-0.3, -0.25) is 15.0 Å². The topological polar surface area (TPSA) is 84.2 Å². The normalized spacial score (nSPS) is 13.1. The van der Waals surface area contributed by atoms with Crippen LogP contribution in [-0.2, 0) is 22.4 Å². The molecule has 0 fully saturated rings. The summed E-state index contributed by atoms with van der Waals surface area (Å²) in [5.74, 6) is 4.93. The molecule has 4 N–H and O–H groups in total. The maximum absolute atomic E-state index is 11.2. The zero-order chi connectivity index (χ0) is 13.0. The number of nitrogens with two attached hydrogens (primary N) is 1. The van der Waals surface area contributed by atoms with Crippen molar-refractivity contribution in [3.63, 3.8) is 0 Å². The molecule has 5 heteroatoms. The molecule has 1 aromatic rings. The van der Waals surface area contributed by atoms with E-state index in [-0.39, 0.29) is 11.8 Å². The van der Waals surface area contributed by atoms with Gasteiger partial charge < -0.3 is 5.32 Å². The average molecular weight is 247 g/mol.